The molecule has 0 spiro atoms. The average molecular weight is 214 g/mol. The minimum absolute atomic E-state index is 0.146. The van der Waals surface area contributed by atoms with E-state index in [1.165, 1.54) is 13.0 Å². The average Bonchev–Trinajstić information content (AvgIpc) is 2.80. The van der Waals surface area contributed by atoms with Gasteiger partial charge in [0.2, 0.25) is 0 Å². The molecule has 0 saturated carbocycles. The fourth-order valence-electron chi connectivity index (χ4n) is 2.58. The molecule has 88 valence electrons. The van der Waals surface area contributed by atoms with Gasteiger partial charge >= 0.3 is 0 Å². The number of nitrogens with one attached hydrogen (secondary N) is 1. The van der Waals surface area contributed by atoms with Gasteiger partial charge in [0.15, 0.2) is 0 Å². The van der Waals surface area contributed by atoms with Crippen molar-refractivity contribution in [2.75, 3.05) is 39.4 Å². The fourth-order valence-corrected chi connectivity index (χ4v) is 2.58. The standard InChI is InChI=1S/C11H22N2O2/c14-7-8-15-11-2-5-13(6-3-11)10-1-4-12-9-10/h10-12,14H,1-9H2. The molecular weight excluding hydrogens is 192 g/mol. The smallest absolute Gasteiger partial charge is 0.0701 e. The lowest BCUT2D eigenvalue weighted by atomic mass is 10.1. The maximum atomic E-state index is 8.68. The SMILES string of the molecule is OCCOC1CCN(C2CCNC2)CC1. The number of aliphatic hydroxyl groups excluding tert-OH is 1. The Labute approximate surface area is 91.6 Å². The van der Waals surface area contributed by atoms with Crippen molar-refractivity contribution in [3.63, 3.8) is 0 Å². The largest absolute Gasteiger partial charge is 0.394 e. The van der Waals surface area contributed by atoms with Crippen LogP contribution in [0, 0.1) is 0 Å². The molecule has 4 heteroatoms. The second-order valence-electron chi connectivity index (χ2n) is 4.48. The van der Waals surface area contributed by atoms with E-state index in [9.17, 15) is 0 Å². The molecule has 2 fully saturated rings. The van der Waals surface area contributed by atoms with Gasteiger partial charge < -0.3 is 15.2 Å². The van der Waals surface area contributed by atoms with Crippen LogP contribution >= 0.6 is 0 Å². The van der Waals surface area contributed by atoms with Crippen LogP contribution in [0.4, 0.5) is 0 Å². The highest BCUT2D eigenvalue weighted by Gasteiger charge is 2.26. The summed E-state index contributed by atoms with van der Waals surface area (Å²) in [5.74, 6) is 0. The maximum Gasteiger partial charge on any atom is 0.0701 e. The van der Waals surface area contributed by atoms with Crippen molar-refractivity contribution in [2.45, 2.75) is 31.4 Å². The van der Waals surface area contributed by atoms with Crippen molar-refractivity contribution in [2.24, 2.45) is 0 Å². The lowest BCUT2D eigenvalue weighted by molar-refractivity contribution is -0.0137. The minimum atomic E-state index is 0.146. The third kappa shape index (κ3) is 3.14. The van der Waals surface area contributed by atoms with Crippen LogP contribution in [0.5, 0.6) is 0 Å². The monoisotopic (exact) mass is 214 g/mol. The minimum Gasteiger partial charge on any atom is -0.394 e. The Balaban J connectivity index is 1.67. The van der Waals surface area contributed by atoms with Crippen LogP contribution in [0.2, 0.25) is 0 Å². The van der Waals surface area contributed by atoms with E-state index in [-0.39, 0.29) is 6.61 Å². The number of likely N-dealkylation sites (tertiary alicyclic amines) is 1. The second kappa shape index (κ2) is 5.80. The first-order valence-corrected chi connectivity index (χ1v) is 6.07. The summed E-state index contributed by atoms with van der Waals surface area (Å²) in [7, 11) is 0. The van der Waals surface area contributed by atoms with E-state index in [1.807, 2.05) is 0 Å². The van der Waals surface area contributed by atoms with Gasteiger partial charge in [-0.1, -0.05) is 0 Å². The number of rotatable bonds is 4. The number of piperidine rings is 1. The molecular formula is C11H22N2O2. The summed E-state index contributed by atoms with van der Waals surface area (Å²) in [5, 5.41) is 12.1. The highest BCUT2D eigenvalue weighted by atomic mass is 16.5. The Morgan fingerprint density at radius 3 is 2.67 bits per heavy atom. The van der Waals surface area contributed by atoms with Crippen molar-refractivity contribution in [3.8, 4) is 0 Å². The van der Waals surface area contributed by atoms with Gasteiger partial charge in [0, 0.05) is 25.7 Å². The lowest BCUT2D eigenvalue weighted by Gasteiger charge is -2.35. The molecule has 4 nitrogen and oxygen atoms in total. The first kappa shape index (κ1) is 11.3. The van der Waals surface area contributed by atoms with Crippen LogP contribution in [0.1, 0.15) is 19.3 Å². The molecule has 0 bridgehead atoms. The molecule has 0 aromatic rings. The zero-order valence-corrected chi connectivity index (χ0v) is 9.32. The summed E-state index contributed by atoms with van der Waals surface area (Å²) in [6.07, 6.45) is 3.91. The van der Waals surface area contributed by atoms with Gasteiger partial charge in [0.05, 0.1) is 19.3 Å². The maximum absolute atomic E-state index is 8.68. The van der Waals surface area contributed by atoms with E-state index >= 15 is 0 Å². The highest BCUT2D eigenvalue weighted by Crippen LogP contribution is 2.18. The Morgan fingerprint density at radius 1 is 1.27 bits per heavy atom. The summed E-state index contributed by atoms with van der Waals surface area (Å²) in [5.41, 5.74) is 0. The van der Waals surface area contributed by atoms with Crippen molar-refractivity contribution in [1.29, 1.82) is 0 Å². The molecule has 0 aromatic heterocycles. The van der Waals surface area contributed by atoms with E-state index in [2.05, 4.69) is 10.2 Å². The van der Waals surface area contributed by atoms with Gasteiger partial charge in [-0.25, -0.2) is 0 Å². The molecule has 1 unspecified atom stereocenters. The topological polar surface area (TPSA) is 44.7 Å². The molecule has 2 aliphatic rings. The molecule has 2 N–H and O–H groups in total. The Hall–Kier alpha value is -0.160. The summed E-state index contributed by atoms with van der Waals surface area (Å²) >= 11 is 0. The zero-order chi connectivity index (χ0) is 10.5. The normalized spacial score (nSPS) is 29.8. The van der Waals surface area contributed by atoms with Crippen molar-refractivity contribution in [3.05, 3.63) is 0 Å². The fraction of sp³-hybridized carbons (Fsp3) is 1.00. The molecule has 0 aliphatic carbocycles. The zero-order valence-electron chi connectivity index (χ0n) is 9.32. The van der Waals surface area contributed by atoms with E-state index in [4.69, 9.17) is 9.84 Å². The predicted octanol–water partition coefficient (Wildman–Crippen LogP) is -0.178. The van der Waals surface area contributed by atoms with Crippen molar-refractivity contribution >= 4 is 0 Å². The quantitative estimate of drug-likeness (QED) is 0.681. The molecule has 0 amide bonds. The number of nitrogens with zero attached hydrogens (tertiary/aromatic N) is 1. The molecule has 2 heterocycles. The van der Waals surface area contributed by atoms with Crippen molar-refractivity contribution < 1.29 is 9.84 Å². The van der Waals surface area contributed by atoms with Gasteiger partial charge in [-0.15, -0.1) is 0 Å². The van der Waals surface area contributed by atoms with Crippen LogP contribution in [-0.2, 0) is 4.74 Å². The first-order chi connectivity index (χ1) is 7.40. The number of hydrogen-bond donors (Lipinski definition) is 2. The Morgan fingerprint density at radius 2 is 2.07 bits per heavy atom. The number of ether oxygens (including phenoxy) is 1. The molecule has 0 radical (unpaired) electrons. The lowest BCUT2D eigenvalue weighted by Crippen LogP contribution is -2.44. The third-order valence-corrected chi connectivity index (χ3v) is 3.47. The second-order valence-corrected chi connectivity index (χ2v) is 4.48. The van der Waals surface area contributed by atoms with Gasteiger partial charge in [-0.3, -0.25) is 4.90 Å². The molecule has 2 rings (SSSR count). The Bertz CT molecular complexity index is 175. The van der Waals surface area contributed by atoms with Crippen LogP contribution in [0.15, 0.2) is 0 Å². The van der Waals surface area contributed by atoms with E-state index in [0.717, 1.165) is 38.5 Å². The summed E-state index contributed by atoms with van der Waals surface area (Å²) in [6.45, 7) is 5.28. The Kier molecular flexibility index (Phi) is 4.38. The van der Waals surface area contributed by atoms with E-state index in [0.29, 0.717) is 12.7 Å². The van der Waals surface area contributed by atoms with Gasteiger partial charge in [-0.2, -0.15) is 0 Å². The van der Waals surface area contributed by atoms with Crippen LogP contribution in [-0.4, -0.2) is 61.5 Å². The van der Waals surface area contributed by atoms with E-state index < -0.39 is 0 Å². The van der Waals surface area contributed by atoms with Crippen LogP contribution < -0.4 is 5.32 Å². The third-order valence-electron chi connectivity index (χ3n) is 3.47. The molecule has 2 aliphatic heterocycles. The summed E-state index contributed by atoms with van der Waals surface area (Å²) < 4.78 is 5.55. The van der Waals surface area contributed by atoms with Crippen LogP contribution in [0.25, 0.3) is 0 Å². The van der Waals surface area contributed by atoms with Crippen LogP contribution in [0.3, 0.4) is 0 Å². The van der Waals surface area contributed by atoms with Crippen molar-refractivity contribution in [1.82, 2.24) is 10.2 Å². The highest BCUT2D eigenvalue weighted by molar-refractivity contribution is 4.84. The summed E-state index contributed by atoms with van der Waals surface area (Å²) in [6, 6.07) is 0.754. The molecule has 0 aromatic carbocycles. The molecule has 2 saturated heterocycles. The number of hydrogen-bond acceptors (Lipinski definition) is 4. The summed E-state index contributed by atoms with van der Waals surface area (Å²) in [4.78, 5) is 2.58. The first-order valence-electron chi connectivity index (χ1n) is 6.07. The van der Waals surface area contributed by atoms with Gasteiger partial charge in [-0.05, 0) is 25.8 Å². The van der Waals surface area contributed by atoms with E-state index in [1.54, 1.807) is 0 Å². The van der Waals surface area contributed by atoms with Gasteiger partial charge in [0.25, 0.3) is 0 Å². The van der Waals surface area contributed by atoms with Gasteiger partial charge in [0.1, 0.15) is 0 Å². The molecule has 15 heavy (non-hydrogen) atoms. The predicted molar refractivity (Wildman–Crippen MR) is 58.9 cm³/mol. The molecule has 1 atom stereocenters. The number of aliphatic hydroxyl groups is 1.